The normalized spacial score (nSPS) is 14.9. The molecule has 39 heavy (non-hydrogen) atoms. The van der Waals surface area contributed by atoms with Crippen molar-refractivity contribution in [3.05, 3.63) is 66.6 Å². The third kappa shape index (κ3) is 6.71. The summed E-state index contributed by atoms with van der Waals surface area (Å²) in [5.74, 6) is -0.762. The standard InChI is InChI=1S/C25H26F4N8O2/c1-15(32-22(20(26)13-30)37-6-8-38-9-7-37)23-34-35-24(39-23)21-5-4-17(14-31-21)33-18-10-16(25(27,28)29)11-19(12-18)36(2)3/h4-5,10-14,33H,1,6-9,30H2,2-3H3/b20-13+,32-22?. The molecule has 1 saturated heterocycles. The molecule has 0 saturated carbocycles. The topological polar surface area (TPSA) is 118 Å². The average molecular weight is 547 g/mol. The van der Waals surface area contributed by atoms with Gasteiger partial charge < -0.3 is 30.0 Å². The Morgan fingerprint density at radius 2 is 1.90 bits per heavy atom. The quantitative estimate of drug-likeness (QED) is 0.252. The van der Waals surface area contributed by atoms with Crippen LogP contribution in [0, 0.1) is 0 Å². The summed E-state index contributed by atoms with van der Waals surface area (Å²) in [7, 11) is 3.31. The highest BCUT2D eigenvalue weighted by atomic mass is 19.4. The second-order valence-corrected chi connectivity index (χ2v) is 8.63. The van der Waals surface area contributed by atoms with Gasteiger partial charge in [0, 0.05) is 44.8 Å². The zero-order valence-corrected chi connectivity index (χ0v) is 21.2. The molecule has 4 rings (SSSR count). The molecule has 14 heteroatoms. The minimum absolute atomic E-state index is 0.0202. The van der Waals surface area contributed by atoms with Crippen LogP contribution in [0.25, 0.3) is 17.3 Å². The van der Waals surface area contributed by atoms with Gasteiger partial charge in [0.25, 0.3) is 11.8 Å². The van der Waals surface area contributed by atoms with E-state index in [9.17, 15) is 17.6 Å². The van der Waals surface area contributed by atoms with E-state index in [4.69, 9.17) is 14.9 Å². The summed E-state index contributed by atoms with van der Waals surface area (Å²) in [5, 5.41) is 10.8. The Morgan fingerprint density at radius 3 is 2.51 bits per heavy atom. The molecule has 1 fully saturated rings. The molecular weight excluding hydrogens is 520 g/mol. The van der Waals surface area contributed by atoms with E-state index in [0.717, 1.165) is 18.3 Å². The van der Waals surface area contributed by atoms with Crippen LogP contribution in [-0.2, 0) is 10.9 Å². The third-order valence-corrected chi connectivity index (χ3v) is 5.62. The Labute approximate surface area is 221 Å². The van der Waals surface area contributed by atoms with Crippen LogP contribution in [-0.4, -0.2) is 66.3 Å². The van der Waals surface area contributed by atoms with Crippen molar-refractivity contribution in [1.29, 1.82) is 0 Å². The number of morpholine rings is 1. The summed E-state index contributed by atoms with van der Waals surface area (Å²) in [5.41, 5.74) is 5.97. The van der Waals surface area contributed by atoms with Gasteiger partial charge in [-0.1, -0.05) is 6.58 Å². The van der Waals surface area contributed by atoms with Gasteiger partial charge >= 0.3 is 6.18 Å². The summed E-state index contributed by atoms with van der Waals surface area (Å²) in [6, 6.07) is 6.84. The molecule has 0 aliphatic carbocycles. The van der Waals surface area contributed by atoms with Gasteiger partial charge in [-0.3, -0.25) is 0 Å². The van der Waals surface area contributed by atoms with Gasteiger partial charge in [-0.25, -0.2) is 14.4 Å². The molecule has 1 aliphatic rings. The van der Waals surface area contributed by atoms with E-state index in [-0.39, 0.29) is 29.0 Å². The van der Waals surface area contributed by atoms with Gasteiger partial charge in [-0.15, -0.1) is 10.2 Å². The van der Waals surface area contributed by atoms with E-state index in [2.05, 4.69) is 32.1 Å². The number of ether oxygens (including phenoxy) is 1. The molecule has 0 spiro atoms. The number of nitrogens with zero attached hydrogens (tertiary/aromatic N) is 6. The fourth-order valence-electron chi connectivity index (χ4n) is 3.61. The average Bonchev–Trinajstić information content (AvgIpc) is 3.42. The number of nitrogens with one attached hydrogen (secondary N) is 1. The Morgan fingerprint density at radius 1 is 1.15 bits per heavy atom. The number of rotatable bonds is 7. The first-order valence-electron chi connectivity index (χ1n) is 11.7. The van der Waals surface area contributed by atoms with Gasteiger partial charge in [0.05, 0.1) is 30.7 Å². The van der Waals surface area contributed by atoms with Gasteiger partial charge in [-0.2, -0.15) is 13.2 Å². The van der Waals surface area contributed by atoms with Crippen molar-refractivity contribution in [2.24, 2.45) is 10.7 Å². The molecule has 1 aromatic carbocycles. The van der Waals surface area contributed by atoms with Crippen molar-refractivity contribution in [3.63, 3.8) is 0 Å². The number of aliphatic imine (C=N–C) groups is 1. The van der Waals surface area contributed by atoms with E-state index in [1.54, 1.807) is 42.1 Å². The lowest BCUT2D eigenvalue weighted by atomic mass is 10.1. The molecule has 3 aromatic rings. The predicted molar refractivity (Wildman–Crippen MR) is 139 cm³/mol. The fraction of sp³-hybridized carbons (Fsp3) is 0.280. The molecule has 0 radical (unpaired) electrons. The lowest BCUT2D eigenvalue weighted by Crippen LogP contribution is -2.41. The Balaban J connectivity index is 1.51. The van der Waals surface area contributed by atoms with Gasteiger partial charge in [0.15, 0.2) is 11.7 Å². The maximum Gasteiger partial charge on any atom is 0.416 e. The van der Waals surface area contributed by atoms with Crippen molar-refractivity contribution >= 4 is 28.6 Å². The predicted octanol–water partition coefficient (Wildman–Crippen LogP) is 4.43. The zero-order valence-electron chi connectivity index (χ0n) is 21.2. The first kappa shape index (κ1) is 27.6. The molecule has 0 unspecified atom stereocenters. The number of halogens is 4. The number of nitrogens with two attached hydrogens (primary N) is 1. The Kier molecular flexibility index (Phi) is 8.14. The molecule has 10 nitrogen and oxygen atoms in total. The minimum atomic E-state index is -4.50. The molecule has 0 bridgehead atoms. The molecular formula is C25H26F4N8O2. The highest BCUT2D eigenvalue weighted by molar-refractivity contribution is 5.99. The van der Waals surface area contributed by atoms with Gasteiger partial charge in [0.2, 0.25) is 0 Å². The largest absolute Gasteiger partial charge is 0.416 e. The molecule has 206 valence electrons. The SMILES string of the molecule is C=C(N=C(/C(F)=C\N)N1CCOCC1)c1nnc(-c2ccc(Nc3cc(N(C)C)cc(C(F)(F)F)c3)cn2)o1. The molecule has 3 heterocycles. The summed E-state index contributed by atoms with van der Waals surface area (Å²) >= 11 is 0. The van der Waals surface area contributed by atoms with Crippen molar-refractivity contribution in [2.75, 3.05) is 50.6 Å². The van der Waals surface area contributed by atoms with E-state index < -0.39 is 17.6 Å². The molecule has 0 atom stereocenters. The summed E-state index contributed by atoms with van der Waals surface area (Å²) in [6.07, 6.45) is -2.27. The van der Waals surface area contributed by atoms with Crippen LogP contribution in [0.3, 0.4) is 0 Å². The number of anilines is 3. The molecule has 0 amide bonds. The number of pyridine rings is 1. The Hall–Kier alpha value is -4.46. The zero-order chi connectivity index (χ0) is 28.2. The van der Waals surface area contributed by atoms with E-state index in [1.807, 2.05) is 0 Å². The minimum Gasteiger partial charge on any atom is -0.413 e. The Bertz CT molecular complexity index is 1380. The van der Waals surface area contributed by atoms with Gasteiger partial charge in [0.1, 0.15) is 11.4 Å². The smallest absolute Gasteiger partial charge is 0.413 e. The van der Waals surface area contributed by atoms with Crippen LogP contribution in [0.5, 0.6) is 0 Å². The van der Waals surface area contributed by atoms with Crippen LogP contribution in [0.15, 0.2) is 64.5 Å². The van der Waals surface area contributed by atoms with Crippen molar-refractivity contribution in [1.82, 2.24) is 20.1 Å². The summed E-state index contributed by atoms with van der Waals surface area (Å²) in [6.45, 7) is 5.46. The van der Waals surface area contributed by atoms with E-state index in [0.29, 0.717) is 43.4 Å². The van der Waals surface area contributed by atoms with Gasteiger partial charge in [-0.05, 0) is 30.3 Å². The number of benzene rings is 1. The molecule has 2 aromatic heterocycles. The fourth-order valence-corrected chi connectivity index (χ4v) is 3.61. The number of amidine groups is 1. The van der Waals surface area contributed by atoms with Crippen LogP contribution >= 0.6 is 0 Å². The van der Waals surface area contributed by atoms with Crippen LogP contribution in [0.2, 0.25) is 0 Å². The first-order valence-corrected chi connectivity index (χ1v) is 11.7. The number of alkyl halides is 3. The van der Waals surface area contributed by atoms with E-state index in [1.165, 1.54) is 6.20 Å². The highest BCUT2D eigenvalue weighted by Crippen LogP contribution is 2.35. The third-order valence-electron chi connectivity index (χ3n) is 5.62. The number of aromatic nitrogens is 3. The van der Waals surface area contributed by atoms with Crippen LogP contribution in [0.1, 0.15) is 11.5 Å². The maximum absolute atomic E-state index is 14.4. The summed E-state index contributed by atoms with van der Waals surface area (Å²) in [4.78, 5) is 11.7. The van der Waals surface area contributed by atoms with Crippen molar-refractivity contribution < 1.29 is 26.7 Å². The number of hydrogen-bond donors (Lipinski definition) is 2. The monoisotopic (exact) mass is 546 g/mol. The van der Waals surface area contributed by atoms with Crippen molar-refractivity contribution in [3.8, 4) is 11.6 Å². The summed E-state index contributed by atoms with van der Waals surface area (Å²) < 4.78 is 65.3. The first-order chi connectivity index (χ1) is 18.5. The lowest BCUT2D eigenvalue weighted by Gasteiger charge is -2.29. The number of hydrogen-bond acceptors (Lipinski definition) is 9. The van der Waals surface area contributed by atoms with Crippen molar-refractivity contribution in [2.45, 2.75) is 6.18 Å². The molecule has 1 aliphatic heterocycles. The maximum atomic E-state index is 14.4. The highest BCUT2D eigenvalue weighted by Gasteiger charge is 2.31. The van der Waals surface area contributed by atoms with Crippen LogP contribution in [0.4, 0.5) is 34.6 Å². The van der Waals surface area contributed by atoms with E-state index >= 15 is 0 Å². The van der Waals surface area contributed by atoms with Crippen LogP contribution < -0.4 is 16.0 Å². The molecule has 3 N–H and O–H groups in total. The second-order valence-electron chi connectivity index (χ2n) is 8.63. The second kappa shape index (κ2) is 11.5. The lowest BCUT2D eigenvalue weighted by molar-refractivity contribution is -0.137.